The van der Waals surface area contributed by atoms with Gasteiger partial charge in [0.25, 0.3) is 5.91 Å². The Bertz CT molecular complexity index is 472. The average Bonchev–Trinajstić information content (AvgIpc) is 2.82. The van der Waals surface area contributed by atoms with Gasteiger partial charge in [0.15, 0.2) is 5.13 Å². The number of nitrogens with zero attached hydrogens (tertiary/aromatic N) is 2. The number of amides is 1. The van der Waals surface area contributed by atoms with Crippen LogP contribution in [-0.2, 0) is 0 Å². The highest BCUT2D eigenvalue weighted by molar-refractivity contribution is 7.18. The maximum atomic E-state index is 12.4. The third-order valence-electron chi connectivity index (χ3n) is 3.98. The van der Waals surface area contributed by atoms with Gasteiger partial charge in [-0.05, 0) is 18.8 Å². The van der Waals surface area contributed by atoms with Crippen LogP contribution in [-0.4, -0.2) is 31.0 Å². The van der Waals surface area contributed by atoms with E-state index in [1.165, 1.54) is 30.6 Å². The van der Waals surface area contributed by atoms with Crippen LogP contribution in [0.2, 0.25) is 0 Å². The van der Waals surface area contributed by atoms with Crippen LogP contribution >= 0.6 is 11.3 Å². The summed E-state index contributed by atoms with van der Waals surface area (Å²) in [6, 6.07) is 0.283. The summed E-state index contributed by atoms with van der Waals surface area (Å²) in [5.74, 6) is 0.855. The molecule has 2 rings (SSSR count). The normalized spacial score (nSPS) is 22.6. The van der Waals surface area contributed by atoms with Crippen molar-refractivity contribution in [2.75, 3.05) is 24.7 Å². The Kier molecular flexibility index (Phi) is 4.86. The van der Waals surface area contributed by atoms with Crippen molar-refractivity contribution >= 4 is 28.2 Å². The summed E-state index contributed by atoms with van der Waals surface area (Å²) in [4.78, 5) is 19.0. The van der Waals surface area contributed by atoms with E-state index in [0.29, 0.717) is 16.6 Å². The number of aromatic nitrogens is 1. The molecule has 0 radical (unpaired) electrons. The number of nitrogen functional groups attached to an aromatic ring is 1. The fourth-order valence-electron chi connectivity index (χ4n) is 2.79. The molecule has 1 aliphatic rings. The lowest BCUT2D eigenvalue weighted by atomic mass is 9.83. The molecule has 1 heterocycles. The minimum Gasteiger partial charge on any atom is -0.382 e. The molecule has 1 fully saturated rings. The molecular weight excluding hydrogens is 272 g/mol. The maximum absolute atomic E-state index is 12.4. The fourth-order valence-corrected chi connectivity index (χ4v) is 3.61. The maximum Gasteiger partial charge on any atom is 0.265 e. The van der Waals surface area contributed by atoms with Gasteiger partial charge >= 0.3 is 0 Å². The van der Waals surface area contributed by atoms with Crippen LogP contribution in [0.4, 0.5) is 10.9 Å². The number of carbonyl (C=O) groups is 1. The van der Waals surface area contributed by atoms with Gasteiger partial charge in [0.1, 0.15) is 10.7 Å². The first-order chi connectivity index (χ1) is 9.52. The summed E-state index contributed by atoms with van der Waals surface area (Å²) in [6.07, 6.45) is 5.87. The summed E-state index contributed by atoms with van der Waals surface area (Å²) in [7, 11) is 3.79. The van der Waals surface area contributed by atoms with E-state index in [0.717, 1.165) is 18.0 Å². The number of anilines is 2. The second-order valence-electron chi connectivity index (χ2n) is 5.64. The number of rotatable bonds is 4. The molecule has 0 spiro atoms. The standard InChI is InChI=1S/C14H24N4OS/c1-4-9-7-5-6-8-10(9)16-13(19)11-12(15)17-14(20-11)18(2)3/h9-10H,4-8,15H2,1-3H3,(H,16,19). The molecule has 6 heteroatoms. The summed E-state index contributed by atoms with van der Waals surface area (Å²) in [5.41, 5.74) is 5.86. The smallest absolute Gasteiger partial charge is 0.265 e. The van der Waals surface area contributed by atoms with Gasteiger partial charge in [-0.1, -0.05) is 37.5 Å². The first-order valence-corrected chi connectivity index (χ1v) is 8.09. The first kappa shape index (κ1) is 15.1. The SMILES string of the molecule is CCC1CCCCC1NC(=O)c1sc(N(C)C)nc1N. The van der Waals surface area contributed by atoms with Crippen molar-refractivity contribution in [2.45, 2.75) is 45.1 Å². The van der Waals surface area contributed by atoms with E-state index in [4.69, 9.17) is 5.73 Å². The lowest BCUT2D eigenvalue weighted by Gasteiger charge is -2.31. The van der Waals surface area contributed by atoms with Crippen molar-refractivity contribution in [1.82, 2.24) is 10.3 Å². The average molecular weight is 296 g/mol. The highest BCUT2D eigenvalue weighted by Crippen LogP contribution is 2.29. The van der Waals surface area contributed by atoms with E-state index in [9.17, 15) is 4.79 Å². The van der Waals surface area contributed by atoms with Crippen molar-refractivity contribution in [1.29, 1.82) is 0 Å². The summed E-state index contributed by atoms with van der Waals surface area (Å²) < 4.78 is 0. The quantitative estimate of drug-likeness (QED) is 0.895. The van der Waals surface area contributed by atoms with Crippen molar-refractivity contribution in [3.63, 3.8) is 0 Å². The molecule has 5 nitrogen and oxygen atoms in total. The van der Waals surface area contributed by atoms with Gasteiger partial charge in [-0.15, -0.1) is 0 Å². The molecule has 20 heavy (non-hydrogen) atoms. The van der Waals surface area contributed by atoms with Crippen molar-refractivity contribution in [3.8, 4) is 0 Å². The summed E-state index contributed by atoms with van der Waals surface area (Å²) in [5, 5.41) is 3.93. The van der Waals surface area contributed by atoms with Gasteiger partial charge in [-0.3, -0.25) is 4.79 Å². The zero-order valence-corrected chi connectivity index (χ0v) is 13.3. The minimum atomic E-state index is -0.0709. The van der Waals surface area contributed by atoms with Gasteiger partial charge in [0, 0.05) is 20.1 Å². The minimum absolute atomic E-state index is 0.0709. The molecular formula is C14H24N4OS. The predicted octanol–water partition coefficient (Wildman–Crippen LogP) is 2.49. The van der Waals surface area contributed by atoms with Crippen LogP contribution < -0.4 is 16.0 Å². The molecule has 112 valence electrons. The largest absolute Gasteiger partial charge is 0.382 e. The van der Waals surface area contributed by atoms with Crippen LogP contribution in [0.1, 0.15) is 48.7 Å². The summed E-state index contributed by atoms with van der Waals surface area (Å²) >= 11 is 1.35. The van der Waals surface area contributed by atoms with Crippen LogP contribution in [0.15, 0.2) is 0 Å². The predicted molar refractivity (Wildman–Crippen MR) is 84.4 cm³/mol. The Balaban J connectivity index is 2.07. The Hall–Kier alpha value is -1.30. The van der Waals surface area contributed by atoms with Crippen molar-refractivity contribution < 1.29 is 4.79 Å². The number of nitrogens with two attached hydrogens (primary N) is 1. The van der Waals surface area contributed by atoms with Crippen LogP contribution in [0, 0.1) is 5.92 Å². The fraction of sp³-hybridized carbons (Fsp3) is 0.714. The number of carbonyl (C=O) groups excluding carboxylic acids is 1. The second kappa shape index (κ2) is 6.43. The van der Waals surface area contributed by atoms with E-state index >= 15 is 0 Å². The van der Waals surface area contributed by atoms with Gasteiger partial charge in [-0.2, -0.15) is 0 Å². The van der Waals surface area contributed by atoms with Gasteiger partial charge < -0.3 is 16.0 Å². The van der Waals surface area contributed by atoms with Gasteiger partial charge in [-0.25, -0.2) is 4.98 Å². The third-order valence-corrected chi connectivity index (χ3v) is 5.22. The topological polar surface area (TPSA) is 71.2 Å². The van der Waals surface area contributed by atoms with Crippen LogP contribution in [0.3, 0.4) is 0 Å². The molecule has 3 N–H and O–H groups in total. The molecule has 0 saturated heterocycles. The number of thiazole rings is 1. The molecule has 0 aromatic carbocycles. The Labute approximate surface area is 124 Å². The van der Waals surface area contributed by atoms with E-state index in [2.05, 4.69) is 17.2 Å². The molecule has 0 bridgehead atoms. The molecule has 1 aliphatic carbocycles. The Morgan fingerprint density at radius 3 is 2.75 bits per heavy atom. The number of hydrogen-bond acceptors (Lipinski definition) is 5. The lowest BCUT2D eigenvalue weighted by Crippen LogP contribution is -2.41. The summed E-state index contributed by atoms with van der Waals surface area (Å²) in [6.45, 7) is 2.19. The highest BCUT2D eigenvalue weighted by atomic mass is 32.1. The molecule has 1 amide bonds. The molecule has 2 atom stereocenters. The Morgan fingerprint density at radius 2 is 2.15 bits per heavy atom. The highest BCUT2D eigenvalue weighted by Gasteiger charge is 2.27. The number of hydrogen-bond donors (Lipinski definition) is 2. The molecule has 1 saturated carbocycles. The third kappa shape index (κ3) is 3.23. The van der Waals surface area contributed by atoms with Crippen LogP contribution in [0.25, 0.3) is 0 Å². The second-order valence-corrected chi connectivity index (χ2v) is 6.62. The lowest BCUT2D eigenvalue weighted by molar-refractivity contribution is 0.0909. The van der Waals surface area contributed by atoms with Gasteiger partial charge in [0.05, 0.1) is 0 Å². The zero-order chi connectivity index (χ0) is 14.7. The number of nitrogens with one attached hydrogen (secondary N) is 1. The zero-order valence-electron chi connectivity index (χ0n) is 12.5. The first-order valence-electron chi connectivity index (χ1n) is 7.27. The molecule has 1 aromatic rings. The van der Waals surface area contributed by atoms with E-state index in [1.807, 2.05) is 19.0 Å². The van der Waals surface area contributed by atoms with Gasteiger partial charge in [0.2, 0.25) is 0 Å². The van der Waals surface area contributed by atoms with Crippen LogP contribution in [0.5, 0.6) is 0 Å². The van der Waals surface area contributed by atoms with Crippen molar-refractivity contribution in [2.24, 2.45) is 5.92 Å². The van der Waals surface area contributed by atoms with E-state index < -0.39 is 0 Å². The molecule has 2 unspecified atom stereocenters. The molecule has 0 aliphatic heterocycles. The molecule has 1 aromatic heterocycles. The van der Waals surface area contributed by atoms with E-state index in [1.54, 1.807) is 0 Å². The Morgan fingerprint density at radius 1 is 1.45 bits per heavy atom. The van der Waals surface area contributed by atoms with Crippen molar-refractivity contribution in [3.05, 3.63) is 4.88 Å². The monoisotopic (exact) mass is 296 g/mol. The van der Waals surface area contributed by atoms with E-state index in [-0.39, 0.29) is 11.9 Å².